The third-order valence-electron chi connectivity index (χ3n) is 8.63. The third kappa shape index (κ3) is 2.44. The van der Waals surface area contributed by atoms with Gasteiger partial charge < -0.3 is 9.80 Å². The Morgan fingerprint density at radius 2 is 1.50 bits per heavy atom. The maximum atomic E-state index is 13.7. The van der Waals surface area contributed by atoms with Gasteiger partial charge in [-0.1, -0.05) is 12.1 Å². The first-order chi connectivity index (χ1) is 13.6. The number of likely N-dealkylation sites (tertiary alicyclic amines) is 1. The Morgan fingerprint density at radius 3 is 2.07 bits per heavy atom. The minimum Gasteiger partial charge on any atom is -0.370 e. The molecule has 2 heterocycles. The van der Waals surface area contributed by atoms with E-state index < -0.39 is 0 Å². The van der Waals surface area contributed by atoms with Crippen molar-refractivity contribution in [2.75, 3.05) is 31.1 Å². The molecule has 2 aliphatic heterocycles. The molecule has 1 amide bonds. The number of nitriles is 1. The van der Waals surface area contributed by atoms with Crippen molar-refractivity contribution in [1.29, 1.82) is 5.26 Å². The number of nitrogens with zero attached hydrogens (tertiary/aromatic N) is 3. The Kier molecular flexibility index (Phi) is 3.61. The molecular weight excluding hydrogens is 346 g/mol. The first-order valence-electron chi connectivity index (χ1n) is 11.2. The first-order valence-corrected chi connectivity index (χ1v) is 11.2. The molecule has 0 unspecified atom stereocenters. The molecule has 0 spiro atoms. The van der Waals surface area contributed by atoms with Gasteiger partial charge in [-0.05, 0) is 68.4 Å². The monoisotopic (exact) mass is 375 g/mol. The summed E-state index contributed by atoms with van der Waals surface area (Å²) in [4.78, 5) is 18.3. The SMILES string of the molecule is N#Cc1ccccc1N1C[C@H]2CN(C(=O)C34CC5CC(CC(C5)C3)C4)C[C@H]2C1. The molecule has 1 aromatic carbocycles. The van der Waals surface area contributed by atoms with Gasteiger partial charge in [0.15, 0.2) is 0 Å². The van der Waals surface area contributed by atoms with Crippen LogP contribution in [0, 0.1) is 46.3 Å². The van der Waals surface area contributed by atoms with Crippen molar-refractivity contribution in [3.05, 3.63) is 29.8 Å². The van der Waals surface area contributed by atoms with Crippen LogP contribution in [0.15, 0.2) is 24.3 Å². The highest BCUT2D eigenvalue weighted by atomic mass is 16.2. The average Bonchev–Trinajstić information content (AvgIpc) is 3.25. The number of fused-ring (bicyclic) bond motifs is 1. The van der Waals surface area contributed by atoms with E-state index in [4.69, 9.17) is 0 Å². The summed E-state index contributed by atoms with van der Waals surface area (Å²) in [7, 11) is 0. The van der Waals surface area contributed by atoms with Crippen molar-refractivity contribution in [1.82, 2.24) is 4.90 Å². The summed E-state index contributed by atoms with van der Waals surface area (Å²) < 4.78 is 0. The molecule has 0 N–H and O–H groups in total. The predicted octanol–water partition coefficient (Wildman–Crippen LogP) is 3.67. The minimum absolute atomic E-state index is 0.000478. The van der Waals surface area contributed by atoms with Crippen LogP contribution in [0.4, 0.5) is 5.69 Å². The van der Waals surface area contributed by atoms with E-state index in [1.165, 1.54) is 38.5 Å². The first kappa shape index (κ1) is 16.9. The zero-order chi connectivity index (χ0) is 18.9. The molecule has 2 saturated heterocycles. The van der Waals surface area contributed by atoms with Gasteiger partial charge in [0.2, 0.25) is 5.91 Å². The van der Waals surface area contributed by atoms with Crippen LogP contribution in [0.2, 0.25) is 0 Å². The van der Waals surface area contributed by atoms with Gasteiger partial charge in [-0.15, -0.1) is 0 Å². The summed E-state index contributed by atoms with van der Waals surface area (Å²) in [5.41, 5.74) is 1.84. The predicted molar refractivity (Wildman–Crippen MR) is 108 cm³/mol. The van der Waals surface area contributed by atoms with Gasteiger partial charge >= 0.3 is 0 Å². The van der Waals surface area contributed by atoms with Crippen molar-refractivity contribution in [3.8, 4) is 6.07 Å². The van der Waals surface area contributed by atoms with Crippen LogP contribution in [0.5, 0.6) is 0 Å². The maximum Gasteiger partial charge on any atom is 0.228 e. The van der Waals surface area contributed by atoms with Gasteiger partial charge in [-0.25, -0.2) is 0 Å². The molecule has 0 radical (unpaired) electrons. The maximum absolute atomic E-state index is 13.7. The molecule has 4 heteroatoms. The molecule has 4 saturated carbocycles. The van der Waals surface area contributed by atoms with E-state index in [0.717, 1.165) is 55.2 Å². The fourth-order valence-electron chi connectivity index (χ4n) is 7.91. The second kappa shape index (κ2) is 5.99. The lowest BCUT2D eigenvalue weighted by atomic mass is 9.49. The lowest BCUT2D eigenvalue weighted by Gasteiger charge is -2.56. The molecule has 0 aromatic heterocycles. The Morgan fingerprint density at radius 1 is 0.929 bits per heavy atom. The zero-order valence-electron chi connectivity index (χ0n) is 16.5. The van der Waals surface area contributed by atoms with Gasteiger partial charge in [-0.3, -0.25) is 4.79 Å². The molecule has 28 heavy (non-hydrogen) atoms. The molecule has 1 aromatic rings. The van der Waals surface area contributed by atoms with Crippen LogP contribution in [0.1, 0.15) is 44.1 Å². The van der Waals surface area contributed by atoms with Crippen LogP contribution < -0.4 is 4.90 Å². The highest BCUT2D eigenvalue weighted by molar-refractivity contribution is 5.83. The number of para-hydroxylation sites is 1. The number of anilines is 1. The van der Waals surface area contributed by atoms with Gasteiger partial charge in [-0.2, -0.15) is 5.26 Å². The van der Waals surface area contributed by atoms with E-state index in [9.17, 15) is 10.1 Å². The van der Waals surface area contributed by atoms with Crippen molar-refractivity contribution in [2.24, 2.45) is 35.0 Å². The number of carbonyl (C=O) groups is 1. The van der Waals surface area contributed by atoms with E-state index >= 15 is 0 Å². The summed E-state index contributed by atoms with van der Waals surface area (Å²) in [6, 6.07) is 10.3. The quantitative estimate of drug-likeness (QED) is 0.792. The molecule has 4 nitrogen and oxygen atoms in total. The second-order valence-corrected chi connectivity index (χ2v) is 10.5. The number of benzene rings is 1. The number of rotatable bonds is 2. The topological polar surface area (TPSA) is 47.3 Å². The minimum atomic E-state index is 0.000478. The number of amides is 1. The zero-order valence-corrected chi connectivity index (χ0v) is 16.5. The molecule has 6 fully saturated rings. The summed E-state index contributed by atoms with van der Waals surface area (Å²) >= 11 is 0. The Hall–Kier alpha value is -2.02. The fourth-order valence-corrected chi connectivity index (χ4v) is 7.91. The summed E-state index contributed by atoms with van der Waals surface area (Å²) in [6.45, 7) is 3.81. The number of carbonyl (C=O) groups excluding carboxylic acids is 1. The van der Waals surface area contributed by atoms with Gasteiger partial charge in [0.25, 0.3) is 0 Å². The molecule has 4 aliphatic carbocycles. The van der Waals surface area contributed by atoms with Gasteiger partial charge in [0, 0.05) is 38.0 Å². The van der Waals surface area contributed by atoms with Crippen LogP contribution in [0.3, 0.4) is 0 Å². The van der Waals surface area contributed by atoms with Crippen molar-refractivity contribution < 1.29 is 4.79 Å². The normalized spacial score (nSPS) is 40.6. The molecule has 146 valence electrons. The smallest absolute Gasteiger partial charge is 0.228 e. The summed E-state index contributed by atoms with van der Waals surface area (Å²) in [5, 5.41) is 9.42. The molecule has 7 rings (SSSR count). The lowest BCUT2D eigenvalue weighted by molar-refractivity contribution is -0.156. The van der Waals surface area contributed by atoms with Gasteiger partial charge in [0.1, 0.15) is 6.07 Å². The molecular formula is C24H29N3O. The molecule has 2 atom stereocenters. The highest BCUT2D eigenvalue weighted by Crippen LogP contribution is 2.60. The Balaban J connectivity index is 1.16. The summed E-state index contributed by atoms with van der Waals surface area (Å²) in [5.74, 6) is 4.11. The van der Waals surface area contributed by atoms with Crippen LogP contribution >= 0.6 is 0 Å². The van der Waals surface area contributed by atoms with Crippen molar-refractivity contribution >= 4 is 11.6 Å². The second-order valence-electron chi connectivity index (χ2n) is 10.5. The van der Waals surface area contributed by atoms with Crippen molar-refractivity contribution in [2.45, 2.75) is 38.5 Å². The molecule has 4 bridgehead atoms. The fraction of sp³-hybridized carbons (Fsp3) is 0.667. The van der Waals surface area contributed by atoms with E-state index in [2.05, 4.69) is 21.9 Å². The Labute approximate surface area is 167 Å². The van der Waals surface area contributed by atoms with Crippen LogP contribution in [-0.2, 0) is 4.79 Å². The average molecular weight is 376 g/mol. The van der Waals surface area contributed by atoms with Gasteiger partial charge in [0.05, 0.1) is 16.7 Å². The largest absolute Gasteiger partial charge is 0.370 e. The van der Waals surface area contributed by atoms with E-state index in [0.29, 0.717) is 17.7 Å². The Bertz CT molecular complexity index is 806. The summed E-state index contributed by atoms with van der Waals surface area (Å²) in [6.07, 6.45) is 7.70. The van der Waals surface area contributed by atoms with E-state index in [-0.39, 0.29) is 5.41 Å². The standard InChI is InChI=1S/C24H29N3O/c25-11-19-3-1-2-4-22(19)26-12-20-14-27(15-21(20)13-26)23(28)24-8-16-5-17(9-24)7-18(6-16)10-24/h1-4,16-18,20-21H,5-10,12-15H2/t16?,17?,18?,20-,21+,24?. The van der Waals surface area contributed by atoms with E-state index in [1.54, 1.807) is 0 Å². The number of hydrogen-bond acceptors (Lipinski definition) is 3. The molecule has 6 aliphatic rings. The number of hydrogen-bond donors (Lipinski definition) is 0. The third-order valence-corrected chi connectivity index (χ3v) is 8.63. The van der Waals surface area contributed by atoms with Crippen LogP contribution in [-0.4, -0.2) is 37.0 Å². The van der Waals surface area contributed by atoms with Crippen molar-refractivity contribution in [3.63, 3.8) is 0 Å². The van der Waals surface area contributed by atoms with Crippen LogP contribution in [0.25, 0.3) is 0 Å². The highest BCUT2D eigenvalue weighted by Gasteiger charge is 2.57. The van der Waals surface area contributed by atoms with E-state index in [1.807, 2.05) is 18.2 Å². The lowest BCUT2D eigenvalue weighted by Crippen LogP contribution is -2.54.